The summed E-state index contributed by atoms with van der Waals surface area (Å²) in [6.07, 6.45) is 3.32. The second kappa shape index (κ2) is 7.07. The van der Waals surface area contributed by atoms with Crippen LogP contribution in [0.3, 0.4) is 0 Å². The van der Waals surface area contributed by atoms with Gasteiger partial charge in [0.1, 0.15) is 6.61 Å². The molecule has 0 saturated carbocycles. The van der Waals surface area contributed by atoms with Crippen molar-refractivity contribution >= 4 is 11.6 Å². The quantitative estimate of drug-likeness (QED) is 0.676. The molecule has 0 radical (unpaired) electrons. The minimum Gasteiger partial charge on any atom is -0.473 e. The molecule has 3 aromatic rings. The van der Waals surface area contributed by atoms with Gasteiger partial charge in [-0.3, -0.25) is 4.79 Å². The fraction of sp³-hybridized carbons (Fsp3) is 0.118. The number of benzene rings is 1. The molecule has 0 amide bonds. The van der Waals surface area contributed by atoms with Crippen LogP contribution >= 0.6 is 11.6 Å². The summed E-state index contributed by atoms with van der Waals surface area (Å²) in [5.41, 5.74) is 2.04. The van der Waals surface area contributed by atoms with Crippen molar-refractivity contribution in [3.05, 3.63) is 87.7 Å². The van der Waals surface area contributed by atoms with Crippen LogP contribution in [0.25, 0.3) is 0 Å². The molecule has 0 atom stereocenters. The van der Waals surface area contributed by atoms with E-state index in [1.54, 1.807) is 35.2 Å². The molecule has 0 aliphatic rings. The van der Waals surface area contributed by atoms with Gasteiger partial charge in [-0.1, -0.05) is 30.3 Å². The molecular weight excluding hydrogens is 314 g/mol. The molecule has 0 aliphatic heterocycles. The molecule has 1 aromatic carbocycles. The van der Waals surface area contributed by atoms with Crippen molar-refractivity contribution in [2.75, 3.05) is 0 Å². The maximum atomic E-state index is 11.7. The molecule has 0 N–H and O–H groups in total. The van der Waals surface area contributed by atoms with Crippen molar-refractivity contribution in [3.8, 4) is 5.88 Å². The summed E-state index contributed by atoms with van der Waals surface area (Å²) >= 11 is 5.71. The van der Waals surface area contributed by atoms with Crippen LogP contribution in [0, 0.1) is 0 Å². The Hall–Kier alpha value is -2.66. The van der Waals surface area contributed by atoms with Crippen molar-refractivity contribution in [2.45, 2.75) is 13.2 Å². The van der Waals surface area contributed by atoms with Crippen molar-refractivity contribution in [2.24, 2.45) is 0 Å². The molecule has 0 saturated heterocycles. The number of halogens is 1. The Morgan fingerprint density at radius 3 is 2.57 bits per heavy atom. The summed E-state index contributed by atoms with van der Waals surface area (Å²) in [5.74, 6) is 0.435. The van der Waals surface area contributed by atoms with E-state index < -0.39 is 0 Å². The van der Waals surface area contributed by atoms with E-state index in [-0.39, 0.29) is 10.8 Å². The molecule has 6 heteroatoms. The Morgan fingerprint density at radius 2 is 1.83 bits per heavy atom. The minimum atomic E-state index is -0.0134. The Balaban J connectivity index is 1.63. The highest BCUT2D eigenvalue weighted by Crippen LogP contribution is 2.12. The van der Waals surface area contributed by atoms with Gasteiger partial charge in [0.05, 0.1) is 6.54 Å². The number of hydrogen-bond acceptors (Lipinski definition) is 4. The zero-order chi connectivity index (χ0) is 16.1. The normalized spacial score (nSPS) is 10.5. The molecule has 2 aromatic heterocycles. The van der Waals surface area contributed by atoms with E-state index in [1.165, 1.54) is 0 Å². The van der Waals surface area contributed by atoms with Gasteiger partial charge in [-0.25, -0.2) is 4.98 Å². The Bertz CT molecular complexity index is 847. The molecular formula is C17H14ClN3O2. The monoisotopic (exact) mass is 327 g/mol. The van der Waals surface area contributed by atoms with Crippen LogP contribution in [-0.4, -0.2) is 14.5 Å². The first-order chi connectivity index (χ1) is 11.2. The number of pyridine rings is 1. The maximum Gasteiger partial charge on any atom is 0.250 e. The molecule has 0 unspecified atom stereocenters. The van der Waals surface area contributed by atoms with Gasteiger partial charge in [0.2, 0.25) is 11.2 Å². The van der Waals surface area contributed by atoms with E-state index in [0.717, 1.165) is 11.1 Å². The molecule has 5 nitrogen and oxygen atoms in total. The fourth-order valence-corrected chi connectivity index (χ4v) is 2.23. The number of aromatic nitrogens is 3. The van der Waals surface area contributed by atoms with Crippen molar-refractivity contribution in [3.63, 3.8) is 0 Å². The van der Waals surface area contributed by atoms with Gasteiger partial charge in [-0.05, 0) is 28.8 Å². The van der Waals surface area contributed by atoms with Gasteiger partial charge in [-0.15, -0.1) is 0 Å². The maximum absolute atomic E-state index is 11.7. The molecule has 3 rings (SSSR count). The molecule has 23 heavy (non-hydrogen) atoms. The summed E-state index contributed by atoms with van der Waals surface area (Å²) < 4.78 is 7.22. The van der Waals surface area contributed by atoms with Gasteiger partial charge in [0, 0.05) is 24.5 Å². The zero-order valence-electron chi connectivity index (χ0n) is 12.2. The van der Waals surface area contributed by atoms with Crippen LogP contribution in [0.1, 0.15) is 11.1 Å². The van der Waals surface area contributed by atoms with Gasteiger partial charge in [0.15, 0.2) is 0 Å². The largest absolute Gasteiger partial charge is 0.473 e. The van der Waals surface area contributed by atoms with Crippen LogP contribution in [-0.2, 0) is 13.2 Å². The van der Waals surface area contributed by atoms with Gasteiger partial charge in [-0.2, -0.15) is 4.98 Å². The Kier molecular flexibility index (Phi) is 4.68. The number of hydrogen-bond donors (Lipinski definition) is 0. The SMILES string of the molecule is O=c1ccccn1Cc1ccc(COc2ccnc(Cl)n2)cc1. The van der Waals surface area contributed by atoms with E-state index in [2.05, 4.69) is 9.97 Å². The lowest BCUT2D eigenvalue weighted by atomic mass is 10.1. The topological polar surface area (TPSA) is 57.0 Å². The van der Waals surface area contributed by atoms with E-state index >= 15 is 0 Å². The summed E-state index contributed by atoms with van der Waals surface area (Å²) in [7, 11) is 0. The summed E-state index contributed by atoms with van der Waals surface area (Å²) in [5, 5.41) is 0.158. The Labute approximate surface area is 138 Å². The predicted molar refractivity (Wildman–Crippen MR) is 87.6 cm³/mol. The van der Waals surface area contributed by atoms with Crippen LogP contribution in [0.4, 0.5) is 0 Å². The molecule has 0 fully saturated rings. The first kappa shape index (κ1) is 15.2. The predicted octanol–water partition coefficient (Wildman–Crippen LogP) is 2.92. The molecule has 0 spiro atoms. The van der Waals surface area contributed by atoms with Gasteiger partial charge >= 0.3 is 0 Å². The molecule has 0 aliphatic carbocycles. The van der Waals surface area contributed by atoms with E-state index in [0.29, 0.717) is 19.0 Å². The average Bonchev–Trinajstić information content (AvgIpc) is 2.56. The zero-order valence-corrected chi connectivity index (χ0v) is 13.0. The lowest BCUT2D eigenvalue weighted by Crippen LogP contribution is -2.18. The van der Waals surface area contributed by atoms with Crippen molar-refractivity contribution in [1.29, 1.82) is 0 Å². The molecule has 2 heterocycles. The van der Waals surface area contributed by atoms with Gasteiger partial charge < -0.3 is 9.30 Å². The highest BCUT2D eigenvalue weighted by Gasteiger charge is 2.01. The second-order valence-corrected chi connectivity index (χ2v) is 5.27. The minimum absolute atomic E-state index is 0.0134. The molecule has 116 valence electrons. The standard InChI is InChI=1S/C17H14ClN3O2/c18-17-19-9-8-15(20-17)23-12-14-6-4-13(5-7-14)11-21-10-2-1-3-16(21)22/h1-10H,11-12H2. The lowest BCUT2D eigenvalue weighted by Gasteiger charge is -2.08. The van der Waals surface area contributed by atoms with Crippen LogP contribution in [0.15, 0.2) is 65.7 Å². The number of ether oxygens (including phenoxy) is 1. The van der Waals surface area contributed by atoms with E-state index in [9.17, 15) is 4.79 Å². The number of nitrogens with zero attached hydrogens (tertiary/aromatic N) is 3. The average molecular weight is 328 g/mol. The lowest BCUT2D eigenvalue weighted by molar-refractivity contribution is 0.293. The third-order valence-corrected chi connectivity index (χ3v) is 3.44. The van der Waals surface area contributed by atoms with Crippen molar-refractivity contribution in [1.82, 2.24) is 14.5 Å². The second-order valence-electron chi connectivity index (χ2n) is 4.94. The third-order valence-electron chi connectivity index (χ3n) is 3.26. The van der Waals surface area contributed by atoms with Crippen LogP contribution in [0.5, 0.6) is 5.88 Å². The summed E-state index contributed by atoms with van der Waals surface area (Å²) in [6.45, 7) is 0.932. The highest BCUT2D eigenvalue weighted by atomic mass is 35.5. The summed E-state index contributed by atoms with van der Waals surface area (Å²) in [4.78, 5) is 19.5. The first-order valence-electron chi connectivity index (χ1n) is 7.05. The van der Waals surface area contributed by atoms with Crippen LogP contribution < -0.4 is 10.3 Å². The van der Waals surface area contributed by atoms with E-state index in [1.807, 2.05) is 30.3 Å². The van der Waals surface area contributed by atoms with Crippen LogP contribution in [0.2, 0.25) is 5.28 Å². The molecule has 0 bridgehead atoms. The highest BCUT2D eigenvalue weighted by molar-refractivity contribution is 6.28. The number of rotatable bonds is 5. The fourth-order valence-electron chi connectivity index (χ4n) is 2.09. The smallest absolute Gasteiger partial charge is 0.250 e. The Morgan fingerprint density at radius 1 is 1.04 bits per heavy atom. The first-order valence-corrected chi connectivity index (χ1v) is 7.43. The van der Waals surface area contributed by atoms with Gasteiger partial charge in [0.25, 0.3) is 5.56 Å². The van der Waals surface area contributed by atoms with E-state index in [4.69, 9.17) is 16.3 Å². The summed E-state index contributed by atoms with van der Waals surface area (Å²) in [6, 6.07) is 14.7. The third kappa shape index (κ3) is 4.17. The van der Waals surface area contributed by atoms with Crippen molar-refractivity contribution < 1.29 is 4.74 Å².